The van der Waals surface area contributed by atoms with E-state index in [9.17, 15) is 4.79 Å². The summed E-state index contributed by atoms with van der Waals surface area (Å²) in [5, 5.41) is 6.62. The second-order valence-electron chi connectivity index (χ2n) is 3.84. The molecule has 104 valence electrons. The molecule has 0 spiro atoms. The highest BCUT2D eigenvalue weighted by molar-refractivity contribution is 9.10. The number of carbonyl (C=O) groups is 1. The highest BCUT2D eigenvalue weighted by atomic mass is 79.9. The van der Waals surface area contributed by atoms with Gasteiger partial charge in [0.05, 0.1) is 15.1 Å². The average molecular weight is 394 g/mol. The molecular weight excluding hydrogens is 386 g/mol. The van der Waals surface area contributed by atoms with Crippen LogP contribution < -0.4 is 10.6 Å². The van der Waals surface area contributed by atoms with Gasteiger partial charge in [-0.25, -0.2) is 4.79 Å². The lowest BCUT2D eigenvalue weighted by Crippen LogP contribution is -2.19. The monoisotopic (exact) mass is 392 g/mol. The molecule has 0 saturated carbocycles. The van der Waals surface area contributed by atoms with Crippen molar-refractivity contribution in [2.45, 2.75) is 0 Å². The second-order valence-corrected chi connectivity index (χ2v) is 5.91. The molecule has 0 bridgehead atoms. The van der Waals surface area contributed by atoms with Crippen LogP contribution in [0.15, 0.2) is 40.9 Å². The van der Waals surface area contributed by atoms with Crippen molar-refractivity contribution >= 4 is 68.1 Å². The van der Waals surface area contributed by atoms with E-state index in [2.05, 4.69) is 26.6 Å². The number of nitrogens with one attached hydrogen (secondary N) is 2. The van der Waals surface area contributed by atoms with Gasteiger partial charge in [-0.2, -0.15) is 0 Å². The zero-order chi connectivity index (χ0) is 14.7. The van der Waals surface area contributed by atoms with Gasteiger partial charge >= 0.3 is 6.03 Å². The van der Waals surface area contributed by atoms with Crippen molar-refractivity contribution < 1.29 is 4.79 Å². The van der Waals surface area contributed by atoms with E-state index >= 15 is 0 Å². The molecule has 0 aliphatic heterocycles. The van der Waals surface area contributed by atoms with Crippen molar-refractivity contribution in [2.24, 2.45) is 0 Å². The minimum absolute atomic E-state index is 0.371. The lowest BCUT2D eigenvalue weighted by atomic mass is 10.3. The second kappa shape index (κ2) is 6.68. The SMILES string of the molecule is O=C(Nc1ccc(Cl)c(Cl)c1)Nc1ccc(Br)c(Cl)c1. The van der Waals surface area contributed by atoms with Gasteiger partial charge in [0, 0.05) is 15.8 Å². The minimum Gasteiger partial charge on any atom is -0.308 e. The molecule has 0 radical (unpaired) electrons. The molecule has 7 heteroatoms. The molecule has 2 aromatic rings. The number of anilines is 2. The summed E-state index contributed by atoms with van der Waals surface area (Å²) in [6, 6.07) is 9.54. The maximum Gasteiger partial charge on any atom is 0.323 e. The molecule has 3 nitrogen and oxygen atoms in total. The van der Waals surface area contributed by atoms with Crippen LogP contribution >= 0.6 is 50.7 Å². The normalized spacial score (nSPS) is 10.2. The van der Waals surface area contributed by atoms with Gasteiger partial charge < -0.3 is 10.6 Å². The quantitative estimate of drug-likeness (QED) is 0.639. The zero-order valence-electron chi connectivity index (χ0n) is 9.88. The molecule has 0 saturated heterocycles. The van der Waals surface area contributed by atoms with Gasteiger partial charge in [0.25, 0.3) is 0 Å². The first-order valence-corrected chi connectivity index (χ1v) is 7.36. The Morgan fingerprint density at radius 3 is 1.95 bits per heavy atom. The Balaban J connectivity index is 2.04. The standard InChI is InChI=1S/C13H8BrCl3N2O/c14-9-3-1-7(5-11(9)16)18-13(20)19-8-2-4-10(15)12(17)6-8/h1-6H,(H2,18,19,20). The number of halogens is 4. The third-order valence-electron chi connectivity index (χ3n) is 2.35. The van der Waals surface area contributed by atoms with Crippen LogP contribution in [0.1, 0.15) is 0 Å². The third-order valence-corrected chi connectivity index (χ3v) is 4.33. The van der Waals surface area contributed by atoms with Crippen molar-refractivity contribution in [3.63, 3.8) is 0 Å². The minimum atomic E-state index is -0.401. The van der Waals surface area contributed by atoms with E-state index in [1.165, 1.54) is 0 Å². The predicted octanol–water partition coefficient (Wildman–Crippen LogP) is 6.05. The molecule has 0 atom stereocenters. The van der Waals surface area contributed by atoms with Crippen LogP contribution in [-0.4, -0.2) is 6.03 Å². The molecule has 0 fully saturated rings. The van der Waals surface area contributed by atoms with Crippen molar-refractivity contribution in [3.05, 3.63) is 55.9 Å². The summed E-state index contributed by atoms with van der Waals surface area (Å²) in [5.74, 6) is 0. The summed E-state index contributed by atoms with van der Waals surface area (Å²) in [7, 11) is 0. The number of rotatable bonds is 2. The molecule has 2 amide bonds. The summed E-state index contributed by atoms with van der Waals surface area (Å²) in [6.07, 6.45) is 0. The first-order chi connectivity index (χ1) is 9.45. The fraction of sp³-hybridized carbons (Fsp3) is 0. The molecule has 0 aromatic heterocycles. The Morgan fingerprint density at radius 2 is 1.40 bits per heavy atom. The first kappa shape index (κ1) is 15.4. The summed E-state index contributed by atoms with van der Waals surface area (Å²) in [4.78, 5) is 11.8. The molecule has 0 aliphatic carbocycles. The lowest BCUT2D eigenvalue weighted by Gasteiger charge is -2.09. The number of carbonyl (C=O) groups excluding carboxylic acids is 1. The Bertz CT molecular complexity index is 609. The summed E-state index contributed by atoms with van der Waals surface area (Å²) in [6.45, 7) is 0. The molecule has 20 heavy (non-hydrogen) atoms. The predicted molar refractivity (Wildman–Crippen MR) is 88.3 cm³/mol. The van der Waals surface area contributed by atoms with E-state index in [4.69, 9.17) is 34.8 Å². The van der Waals surface area contributed by atoms with Crippen LogP contribution in [0, 0.1) is 0 Å². The van der Waals surface area contributed by atoms with Crippen LogP contribution in [0.5, 0.6) is 0 Å². The fourth-order valence-electron chi connectivity index (χ4n) is 1.44. The van der Waals surface area contributed by atoms with Gasteiger partial charge in [-0.05, 0) is 52.3 Å². The molecule has 0 aliphatic rings. The van der Waals surface area contributed by atoms with E-state index in [1.807, 2.05) is 0 Å². The lowest BCUT2D eigenvalue weighted by molar-refractivity contribution is 0.262. The average Bonchev–Trinajstić information content (AvgIpc) is 2.38. The van der Waals surface area contributed by atoms with Gasteiger partial charge in [-0.15, -0.1) is 0 Å². The molecule has 2 N–H and O–H groups in total. The number of urea groups is 1. The van der Waals surface area contributed by atoms with E-state index in [0.717, 1.165) is 4.47 Å². The molecular formula is C13H8BrCl3N2O. The van der Waals surface area contributed by atoms with Crippen LogP contribution in [0.2, 0.25) is 15.1 Å². The molecule has 0 unspecified atom stereocenters. The Morgan fingerprint density at radius 1 is 0.850 bits per heavy atom. The van der Waals surface area contributed by atoms with Crippen molar-refractivity contribution in [2.75, 3.05) is 10.6 Å². The van der Waals surface area contributed by atoms with Gasteiger partial charge in [-0.1, -0.05) is 34.8 Å². The summed E-state index contributed by atoms with van der Waals surface area (Å²) >= 11 is 20.9. The number of amides is 2. The van der Waals surface area contributed by atoms with Gasteiger partial charge in [0.2, 0.25) is 0 Å². The van der Waals surface area contributed by atoms with Crippen molar-refractivity contribution in [1.82, 2.24) is 0 Å². The van der Waals surface area contributed by atoms with Gasteiger partial charge in [-0.3, -0.25) is 0 Å². The first-order valence-electron chi connectivity index (χ1n) is 5.44. The van der Waals surface area contributed by atoms with Crippen LogP contribution in [-0.2, 0) is 0 Å². The van der Waals surface area contributed by atoms with Gasteiger partial charge in [0.1, 0.15) is 0 Å². The number of hydrogen-bond donors (Lipinski definition) is 2. The van der Waals surface area contributed by atoms with Crippen molar-refractivity contribution in [1.29, 1.82) is 0 Å². The summed E-state index contributed by atoms with van der Waals surface area (Å²) < 4.78 is 0.759. The fourth-order valence-corrected chi connectivity index (χ4v) is 2.17. The number of hydrogen-bond acceptors (Lipinski definition) is 1. The Hall–Kier alpha value is -0.940. The van der Waals surface area contributed by atoms with Gasteiger partial charge in [0.15, 0.2) is 0 Å². The van der Waals surface area contributed by atoms with E-state index < -0.39 is 6.03 Å². The highest BCUT2D eigenvalue weighted by Crippen LogP contribution is 2.26. The van der Waals surface area contributed by atoms with E-state index in [0.29, 0.717) is 26.4 Å². The van der Waals surface area contributed by atoms with E-state index in [-0.39, 0.29) is 0 Å². The molecule has 2 rings (SSSR count). The topological polar surface area (TPSA) is 41.1 Å². The maximum absolute atomic E-state index is 11.8. The molecule has 0 heterocycles. The van der Waals surface area contributed by atoms with Crippen LogP contribution in [0.3, 0.4) is 0 Å². The number of benzene rings is 2. The zero-order valence-corrected chi connectivity index (χ0v) is 13.7. The Kier molecular flexibility index (Phi) is 5.16. The molecule has 2 aromatic carbocycles. The van der Waals surface area contributed by atoms with Crippen molar-refractivity contribution in [3.8, 4) is 0 Å². The van der Waals surface area contributed by atoms with E-state index in [1.54, 1.807) is 36.4 Å². The van der Waals surface area contributed by atoms with Crippen LogP contribution in [0.4, 0.5) is 16.2 Å². The maximum atomic E-state index is 11.8. The van der Waals surface area contributed by atoms with Crippen LogP contribution in [0.25, 0.3) is 0 Å². The highest BCUT2D eigenvalue weighted by Gasteiger charge is 2.06. The Labute approximate surface area is 139 Å². The third kappa shape index (κ3) is 4.03. The smallest absolute Gasteiger partial charge is 0.308 e. The largest absolute Gasteiger partial charge is 0.323 e. The summed E-state index contributed by atoms with van der Waals surface area (Å²) in [5.41, 5.74) is 1.12.